The second-order valence-electron chi connectivity index (χ2n) is 9.26. The highest BCUT2D eigenvalue weighted by atomic mass is 16.3. The molecule has 0 radical (unpaired) electrons. The third-order valence-corrected chi connectivity index (χ3v) is 7.13. The molecule has 2 amide bonds. The Bertz CT molecular complexity index is 745. The first kappa shape index (κ1) is 21.3. The van der Waals surface area contributed by atoms with E-state index in [9.17, 15) is 14.7 Å². The molecule has 3 fully saturated rings. The van der Waals surface area contributed by atoms with Crippen LogP contribution in [-0.2, 0) is 11.8 Å². The van der Waals surface area contributed by atoms with Crippen molar-refractivity contribution in [2.24, 2.45) is 7.05 Å². The number of hydrogen-bond acceptors (Lipinski definition) is 5. The molecule has 8 nitrogen and oxygen atoms in total. The van der Waals surface area contributed by atoms with Gasteiger partial charge >= 0.3 is 0 Å². The van der Waals surface area contributed by atoms with E-state index in [1.54, 1.807) is 4.68 Å². The topological polar surface area (TPSA) is 90.7 Å². The van der Waals surface area contributed by atoms with Crippen LogP contribution in [0.2, 0.25) is 0 Å². The molecule has 0 bridgehead atoms. The summed E-state index contributed by atoms with van der Waals surface area (Å²) in [5.41, 5.74) is 1.46. The number of likely N-dealkylation sites (tertiary alicyclic amines) is 2. The number of aliphatic hydroxyl groups excluding tert-OH is 1. The van der Waals surface area contributed by atoms with Gasteiger partial charge in [-0.25, -0.2) is 0 Å². The van der Waals surface area contributed by atoms with E-state index in [0.29, 0.717) is 31.7 Å². The summed E-state index contributed by atoms with van der Waals surface area (Å²) >= 11 is 0. The Morgan fingerprint density at radius 3 is 2.47 bits per heavy atom. The van der Waals surface area contributed by atoms with E-state index < -0.39 is 6.10 Å². The molecule has 3 heterocycles. The quantitative estimate of drug-likeness (QED) is 0.769. The third-order valence-electron chi connectivity index (χ3n) is 7.13. The van der Waals surface area contributed by atoms with Gasteiger partial charge in [-0.05, 0) is 45.1 Å². The largest absolute Gasteiger partial charge is 0.392 e. The average molecular weight is 418 g/mol. The lowest BCUT2D eigenvalue weighted by Gasteiger charge is -2.39. The number of nitrogens with zero attached hydrogens (tertiary/aromatic N) is 4. The molecule has 2 aliphatic heterocycles. The van der Waals surface area contributed by atoms with Crippen LogP contribution < -0.4 is 5.32 Å². The maximum Gasteiger partial charge on any atom is 0.274 e. The fourth-order valence-corrected chi connectivity index (χ4v) is 5.27. The zero-order valence-electron chi connectivity index (χ0n) is 18.2. The van der Waals surface area contributed by atoms with E-state index in [2.05, 4.69) is 15.3 Å². The number of piperidine rings is 1. The Labute approximate surface area is 178 Å². The van der Waals surface area contributed by atoms with Crippen molar-refractivity contribution in [2.75, 3.05) is 19.6 Å². The Hall–Kier alpha value is -1.93. The molecule has 2 atom stereocenters. The van der Waals surface area contributed by atoms with E-state index in [-0.39, 0.29) is 29.9 Å². The maximum absolute atomic E-state index is 13.0. The van der Waals surface area contributed by atoms with Gasteiger partial charge in [-0.2, -0.15) is 5.10 Å². The van der Waals surface area contributed by atoms with Crippen LogP contribution in [0.4, 0.5) is 0 Å². The van der Waals surface area contributed by atoms with Crippen LogP contribution in [0.25, 0.3) is 0 Å². The van der Waals surface area contributed by atoms with Crippen molar-refractivity contribution in [3.05, 3.63) is 17.5 Å². The van der Waals surface area contributed by atoms with Gasteiger partial charge in [0, 0.05) is 44.5 Å². The number of aryl methyl sites for hydroxylation is 2. The van der Waals surface area contributed by atoms with Crippen molar-refractivity contribution in [1.29, 1.82) is 0 Å². The number of amides is 2. The standard InChI is InChI=1S/C22H35N5O3/c1-15-12-19(24-25(15)2)22(30)26-10-8-17(9-11-26)27-14-18(28)13-20(27)21(29)23-16-6-4-3-5-7-16/h12,16-18,20,28H,3-11,13-14H2,1-2H3,(H,23,29)/t18-,20+/m1/s1. The van der Waals surface area contributed by atoms with E-state index >= 15 is 0 Å². The molecule has 0 spiro atoms. The van der Waals surface area contributed by atoms with Crippen molar-refractivity contribution in [2.45, 2.75) is 82.5 Å². The molecular weight excluding hydrogens is 382 g/mol. The van der Waals surface area contributed by atoms with Crippen LogP contribution >= 0.6 is 0 Å². The van der Waals surface area contributed by atoms with Crippen LogP contribution in [0, 0.1) is 6.92 Å². The van der Waals surface area contributed by atoms with Crippen LogP contribution in [-0.4, -0.2) is 80.4 Å². The molecule has 1 aromatic heterocycles. The molecule has 1 saturated carbocycles. The molecule has 3 aliphatic rings. The van der Waals surface area contributed by atoms with Gasteiger partial charge in [-0.15, -0.1) is 0 Å². The molecule has 2 N–H and O–H groups in total. The first-order valence-corrected chi connectivity index (χ1v) is 11.5. The molecule has 2 saturated heterocycles. The number of carbonyl (C=O) groups is 2. The first-order valence-electron chi connectivity index (χ1n) is 11.5. The minimum Gasteiger partial charge on any atom is -0.392 e. The van der Waals surface area contributed by atoms with Gasteiger partial charge in [0.05, 0.1) is 12.1 Å². The number of hydrogen-bond donors (Lipinski definition) is 2. The summed E-state index contributed by atoms with van der Waals surface area (Å²) in [6.07, 6.45) is 7.44. The van der Waals surface area contributed by atoms with Gasteiger partial charge in [0.15, 0.2) is 5.69 Å². The Morgan fingerprint density at radius 1 is 1.13 bits per heavy atom. The highest BCUT2D eigenvalue weighted by molar-refractivity contribution is 5.92. The molecule has 30 heavy (non-hydrogen) atoms. The van der Waals surface area contributed by atoms with Crippen molar-refractivity contribution in [3.8, 4) is 0 Å². The summed E-state index contributed by atoms with van der Waals surface area (Å²) in [6.45, 7) is 3.79. The minimum absolute atomic E-state index is 0.0230. The smallest absolute Gasteiger partial charge is 0.274 e. The number of β-amino-alcohol motifs (C(OH)–C–C–N with tert-alkyl or cyclic N) is 1. The maximum atomic E-state index is 13.0. The summed E-state index contributed by atoms with van der Waals surface area (Å²) in [4.78, 5) is 29.8. The molecule has 1 aliphatic carbocycles. The zero-order valence-corrected chi connectivity index (χ0v) is 18.2. The molecule has 0 unspecified atom stereocenters. The highest BCUT2D eigenvalue weighted by Gasteiger charge is 2.41. The normalized spacial score (nSPS) is 26.8. The van der Waals surface area contributed by atoms with Crippen LogP contribution in [0.3, 0.4) is 0 Å². The summed E-state index contributed by atoms with van der Waals surface area (Å²) in [7, 11) is 1.84. The summed E-state index contributed by atoms with van der Waals surface area (Å²) in [5.74, 6) is 0.0473. The summed E-state index contributed by atoms with van der Waals surface area (Å²) < 4.78 is 1.72. The van der Waals surface area contributed by atoms with E-state index in [4.69, 9.17) is 0 Å². The highest BCUT2D eigenvalue weighted by Crippen LogP contribution is 2.28. The van der Waals surface area contributed by atoms with Gasteiger partial charge in [-0.3, -0.25) is 19.2 Å². The van der Waals surface area contributed by atoms with Crippen molar-refractivity contribution >= 4 is 11.8 Å². The second-order valence-corrected chi connectivity index (χ2v) is 9.26. The fourth-order valence-electron chi connectivity index (χ4n) is 5.27. The molecule has 8 heteroatoms. The number of carbonyl (C=O) groups excluding carboxylic acids is 2. The lowest BCUT2D eigenvalue weighted by Crippen LogP contribution is -2.53. The molecule has 166 valence electrons. The van der Waals surface area contributed by atoms with Gasteiger partial charge in [0.2, 0.25) is 5.91 Å². The predicted molar refractivity (Wildman–Crippen MR) is 113 cm³/mol. The predicted octanol–water partition coefficient (Wildman–Crippen LogP) is 1.22. The zero-order chi connectivity index (χ0) is 21.3. The van der Waals surface area contributed by atoms with Crippen molar-refractivity contribution in [1.82, 2.24) is 24.9 Å². The van der Waals surface area contributed by atoms with Crippen LogP contribution in [0.5, 0.6) is 0 Å². The van der Waals surface area contributed by atoms with Gasteiger partial charge in [0.1, 0.15) is 0 Å². The monoisotopic (exact) mass is 417 g/mol. The van der Waals surface area contributed by atoms with E-state index in [0.717, 1.165) is 31.4 Å². The van der Waals surface area contributed by atoms with Gasteiger partial charge in [0.25, 0.3) is 5.91 Å². The number of nitrogens with one attached hydrogen (secondary N) is 1. The first-order chi connectivity index (χ1) is 14.4. The molecule has 4 rings (SSSR count). The van der Waals surface area contributed by atoms with Crippen molar-refractivity contribution in [3.63, 3.8) is 0 Å². The third kappa shape index (κ3) is 4.54. The van der Waals surface area contributed by atoms with Crippen molar-refractivity contribution < 1.29 is 14.7 Å². The Morgan fingerprint density at radius 2 is 1.83 bits per heavy atom. The molecule has 0 aromatic carbocycles. The lowest BCUT2D eigenvalue weighted by molar-refractivity contribution is -0.127. The average Bonchev–Trinajstić information content (AvgIpc) is 3.30. The number of aliphatic hydroxyl groups is 1. The van der Waals surface area contributed by atoms with Gasteiger partial charge in [-0.1, -0.05) is 19.3 Å². The number of aromatic nitrogens is 2. The minimum atomic E-state index is -0.455. The van der Waals surface area contributed by atoms with Crippen LogP contribution in [0.15, 0.2) is 6.07 Å². The lowest BCUT2D eigenvalue weighted by atomic mass is 9.95. The SMILES string of the molecule is Cc1cc(C(=O)N2CCC(N3C[C@H](O)C[C@H]3C(=O)NC3CCCCC3)CC2)nn1C. The molecular formula is C22H35N5O3. The summed E-state index contributed by atoms with van der Waals surface area (Å²) in [6, 6.07) is 2.08. The second kappa shape index (κ2) is 9.06. The van der Waals surface area contributed by atoms with Crippen LogP contribution in [0.1, 0.15) is 67.5 Å². The van der Waals surface area contributed by atoms with E-state index in [1.807, 2.05) is 24.9 Å². The molecule has 1 aromatic rings. The fraction of sp³-hybridized carbons (Fsp3) is 0.773. The Kier molecular flexibility index (Phi) is 6.43. The number of rotatable bonds is 4. The van der Waals surface area contributed by atoms with E-state index in [1.165, 1.54) is 19.3 Å². The van der Waals surface area contributed by atoms with Gasteiger partial charge < -0.3 is 15.3 Å². The Balaban J connectivity index is 1.34. The summed E-state index contributed by atoms with van der Waals surface area (Å²) in [5, 5.41) is 17.8.